The minimum atomic E-state index is -0.756. The molecule has 1 aliphatic carbocycles. The molecule has 9 nitrogen and oxygen atoms in total. The third kappa shape index (κ3) is 3.06. The topological polar surface area (TPSA) is 115 Å². The van der Waals surface area contributed by atoms with E-state index >= 15 is 0 Å². The lowest BCUT2D eigenvalue weighted by atomic mass is 10.1. The van der Waals surface area contributed by atoms with Crippen molar-refractivity contribution in [3.05, 3.63) is 43.2 Å². The van der Waals surface area contributed by atoms with Gasteiger partial charge in [-0.15, -0.1) is 11.3 Å². The Hall–Kier alpha value is -3.19. The summed E-state index contributed by atoms with van der Waals surface area (Å²) in [6, 6.07) is 1.50. The summed E-state index contributed by atoms with van der Waals surface area (Å²) in [6.45, 7) is 1.66. The second-order valence-corrected chi connectivity index (χ2v) is 8.68. The fourth-order valence-corrected chi connectivity index (χ4v) is 5.19. The Labute approximate surface area is 176 Å². The smallest absolute Gasteiger partial charge is 0.315 e. The predicted molar refractivity (Wildman–Crippen MR) is 114 cm³/mol. The van der Waals surface area contributed by atoms with Crippen LogP contribution >= 0.6 is 11.3 Å². The van der Waals surface area contributed by atoms with Crippen molar-refractivity contribution in [2.24, 2.45) is 14.1 Å². The summed E-state index contributed by atoms with van der Waals surface area (Å²) in [7, 11) is 2.92. The van der Waals surface area contributed by atoms with Crippen LogP contribution in [0.3, 0.4) is 0 Å². The number of rotatable bonds is 3. The molecule has 1 N–H and O–H groups in total. The number of carbonyl (C=O) groups is 1. The number of carbonyl (C=O) groups excluding carboxylic acids is 1. The van der Waals surface area contributed by atoms with Crippen molar-refractivity contribution in [2.45, 2.75) is 45.1 Å². The zero-order valence-corrected chi connectivity index (χ0v) is 17.9. The normalized spacial score (nSPS) is 14.7. The van der Waals surface area contributed by atoms with Crippen LogP contribution in [-0.4, -0.2) is 24.6 Å². The van der Waals surface area contributed by atoms with Crippen molar-refractivity contribution < 1.29 is 4.79 Å². The quantitative estimate of drug-likeness (QED) is 0.642. The van der Waals surface area contributed by atoms with Gasteiger partial charge >= 0.3 is 5.69 Å². The van der Waals surface area contributed by atoms with Crippen molar-refractivity contribution in [1.82, 2.24) is 18.7 Å². The lowest BCUT2D eigenvalue weighted by Gasteiger charge is -2.14. The minimum absolute atomic E-state index is 0.185. The Morgan fingerprint density at radius 1 is 1.23 bits per heavy atom. The first kappa shape index (κ1) is 20.1. The Morgan fingerprint density at radius 3 is 2.70 bits per heavy atom. The molecular weight excluding hydrogens is 404 g/mol. The van der Waals surface area contributed by atoms with E-state index in [-0.39, 0.29) is 17.1 Å². The SMILES string of the molecule is CC(C(=O)Nc1sc2c(c1C#N)CCCCC2)n1cnc2c1c(=O)n(C)c(=O)n2C. The molecule has 30 heavy (non-hydrogen) atoms. The second-order valence-electron chi connectivity index (χ2n) is 7.58. The zero-order chi connectivity index (χ0) is 21.6. The minimum Gasteiger partial charge on any atom is -0.315 e. The number of imidazole rings is 1. The molecule has 10 heteroatoms. The molecule has 0 bridgehead atoms. The number of anilines is 1. The number of nitriles is 1. The molecule has 3 aromatic rings. The van der Waals surface area contributed by atoms with Gasteiger partial charge in [0.25, 0.3) is 5.56 Å². The standard InChI is InChI=1S/C20H22N6O3S/c1-11(26-10-22-16-15(26)19(28)25(3)20(29)24(16)2)17(27)23-18-13(9-21)12-7-5-4-6-8-14(12)30-18/h10-11H,4-8H2,1-3H3,(H,23,27). The molecule has 0 aromatic carbocycles. The number of nitrogens with zero attached hydrogens (tertiary/aromatic N) is 5. The summed E-state index contributed by atoms with van der Waals surface area (Å²) >= 11 is 1.47. The third-order valence-corrected chi connectivity index (χ3v) is 6.95. The first-order valence-electron chi connectivity index (χ1n) is 9.83. The highest BCUT2D eigenvalue weighted by Gasteiger charge is 2.25. The van der Waals surface area contributed by atoms with Crippen molar-refractivity contribution in [3.63, 3.8) is 0 Å². The lowest BCUT2D eigenvalue weighted by molar-refractivity contribution is -0.118. The monoisotopic (exact) mass is 426 g/mol. The number of amides is 1. The molecule has 1 unspecified atom stereocenters. The van der Waals surface area contributed by atoms with E-state index in [4.69, 9.17) is 0 Å². The highest BCUT2D eigenvalue weighted by Crippen LogP contribution is 2.37. The molecule has 1 atom stereocenters. The van der Waals surface area contributed by atoms with E-state index in [1.54, 1.807) is 6.92 Å². The van der Waals surface area contributed by atoms with Gasteiger partial charge in [0.1, 0.15) is 17.1 Å². The van der Waals surface area contributed by atoms with Gasteiger partial charge in [-0.3, -0.25) is 18.7 Å². The predicted octanol–water partition coefficient (Wildman–Crippen LogP) is 1.84. The van der Waals surface area contributed by atoms with Crippen LogP contribution in [0, 0.1) is 11.3 Å². The molecule has 3 aromatic heterocycles. The molecule has 4 rings (SSSR count). The van der Waals surface area contributed by atoms with Crippen LogP contribution in [0.1, 0.15) is 48.2 Å². The summed E-state index contributed by atoms with van der Waals surface area (Å²) in [5.41, 5.74) is 1.03. The molecule has 0 spiro atoms. The van der Waals surface area contributed by atoms with Gasteiger partial charge in [0.2, 0.25) is 5.91 Å². The number of hydrogen-bond donors (Lipinski definition) is 1. The maximum atomic E-state index is 13.0. The Bertz CT molecular complexity index is 1320. The molecular formula is C20H22N6O3S. The van der Waals surface area contributed by atoms with E-state index < -0.39 is 17.3 Å². The van der Waals surface area contributed by atoms with Gasteiger partial charge in [-0.05, 0) is 38.2 Å². The third-order valence-electron chi connectivity index (χ3n) is 5.74. The maximum absolute atomic E-state index is 13.0. The largest absolute Gasteiger partial charge is 0.332 e. The Morgan fingerprint density at radius 2 is 1.97 bits per heavy atom. The van der Waals surface area contributed by atoms with Gasteiger partial charge in [0.15, 0.2) is 11.2 Å². The van der Waals surface area contributed by atoms with Crippen LogP contribution in [0.25, 0.3) is 11.2 Å². The highest BCUT2D eigenvalue weighted by atomic mass is 32.1. The second kappa shape index (κ2) is 7.57. The Kier molecular flexibility index (Phi) is 5.07. The Balaban J connectivity index is 1.70. The number of aromatic nitrogens is 4. The first-order chi connectivity index (χ1) is 14.3. The molecule has 0 aliphatic heterocycles. The number of fused-ring (bicyclic) bond motifs is 2. The van der Waals surface area contributed by atoms with E-state index in [0.717, 1.165) is 42.2 Å². The van der Waals surface area contributed by atoms with E-state index in [1.807, 2.05) is 0 Å². The van der Waals surface area contributed by atoms with Crippen LogP contribution < -0.4 is 16.6 Å². The zero-order valence-electron chi connectivity index (χ0n) is 17.1. The van der Waals surface area contributed by atoms with Crippen molar-refractivity contribution in [2.75, 3.05) is 5.32 Å². The van der Waals surface area contributed by atoms with E-state index in [1.165, 1.54) is 45.8 Å². The van der Waals surface area contributed by atoms with Gasteiger partial charge in [0.05, 0.1) is 11.9 Å². The molecule has 0 saturated heterocycles. The van der Waals surface area contributed by atoms with Crippen LogP contribution in [-0.2, 0) is 31.7 Å². The molecule has 0 saturated carbocycles. The molecule has 0 fully saturated rings. The number of nitrogens with one attached hydrogen (secondary N) is 1. The molecule has 156 valence electrons. The molecule has 0 radical (unpaired) electrons. The van der Waals surface area contributed by atoms with Crippen LogP contribution in [0.5, 0.6) is 0 Å². The van der Waals surface area contributed by atoms with Gasteiger partial charge in [-0.1, -0.05) is 6.42 Å². The number of hydrogen-bond acceptors (Lipinski definition) is 6. The van der Waals surface area contributed by atoms with Crippen LogP contribution in [0.2, 0.25) is 0 Å². The van der Waals surface area contributed by atoms with E-state index in [2.05, 4.69) is 16.4 Å². The van der Waals surface area contributed by atoms with Gasteiger partial charge in [-0.2, -0.15) is 5.26 Å². The van der Waals surface area contributed by atoms with E-state index in [0.29, 0.717) is 10.6 Å². The first-order valence-corrected chi connectivity index (χ1v) is 10.6. The summed E-state index contributed by atoms with van der Waals surface area (Å²) in [4.78, 5) is 43.1. The summed E-state index contributed by atoms with van der Waals surface area (Å²) in [6.07, 6.45) is 6.46. The van der Waals surface area contributed by atoms with Gasteiger partial charge < -0.3 is 9.88 Å². The fourth-order valence-electron chi connectivity index (χ4n) is 3.95. The number of thiophene rings is 1. The highest BCUT2D eigenvalue weighted by molar-refractivity contribution is 7.16. The van der Waals surface area contributed by atoms with Gasteiger partial charge in [0, 0.05) is 19.0 Å². The van der Waals surface area contributed by atoms with Crippen molar-refractivity contribution in [3.8, 4) is 6.07 Å². The van der Waals surface area contributed by atoms with Crippen molar-refractivity contribution in [1.29, 1.82) is 5.26 Å². The average molecular weight is 427 g/mol. The summed E-state index contributed by atoms with van der Waals surface area (Å²) < 4.78 is 3.74. The summed E-state index contributed by atoms with van der Waals surface area (Å²) in [5.74, 6) is -0.349. The molecule has 3 heterocycles. The van der Waals surface area contributed by atoms with Crippen LogP contribution in [0.4, 0.5) is 5.00 Å². The molecule has 1 aliphatic rings. The number of aryl methyl sites for hydroxylation is 2. The van der Waals surface area contributed by atoms with Crippen LogP contribution in [0.15, 0.2) is 15.9 Å². The van der Waals surface area contributed by atoms with E-state index in [9.17, 15) is 19.6 Å². The lowest BCUT2D eigenvalue weighted by Crippen LogP contribution is -2.38. The maximum Gasteiger partial charge on any atom is 0.332 e. The molecule has 1 amide bonds. The average Bonchev–Trinajstić information content (AvgIpc) is 3.24. The van der Waals surface area contributed by atoms with Gasteiger partial charge in [-0.25, -0.2) is 9.78 Å². The fraction of sp³-hybridized carbons (Fsp3) is 0.450. The van der Waals surface area contributed by atoms with Crippen molar-refractivity contribution >= 4 is 33.4 Å². The summed E-state index contributed by atoms with van der Waals surface area (Å²) in [5, 5.41) is 13.1.